The number of methoxy groups -OCH3 is 1. The van der Waals surface area contributed by atoms with Crippen LogP contribution in [0, 0.1) is 0 Å². The van der Waals surface area contributed by atoms with E-state index in [0.717, 1.165) is 32.3 Å². The largest absolute Gasteiger partial charge is 0.550 e. The van der Waals surface area contributed by atoms with Crippen LogP contribution in [-0.4, -0.2) is 19.7 Å². The molecule has 0 N–H and O–H groups in total. The number of aliphatic carboxylic acids is 1. The van der Waals surface area contributed by atoms with E-state index < -0.39 is 5.97 Å². The van der Waals surface area contributed by atoms with E-state index in [1.165, 1.54) is 0 Å². The third-order valence-electron chi connectivity index (χ3n) is 1.48. The second-order valence-electron chi connectivity index (χ2n) is 2.53. The molecule has 0 saturated carbocycles. The van der Waals surface area contributed by atoms with Crippen LogP contribution in [0.1, 0.15) is 32.1 Å². The summed E-state index contributed by atoms with van der Waals surface area (Å²) in [6.45, 7) is 0.769. The van der Waals surface area contributed by atoms with Gasteiger partial charge < -0.3 is 14.6 Å². The highest BCUT2D eigenvalue weighted by molar-refractivity contribution is 5.63. The van der Waals surface area contributed by atoms with Gasteiger partial charge in [0.25, 0.3) is 0 Å². The Bertz CT molecular complexity index is 102. The van der Waals surface area contributed by atoms with Crippen LogP contribution in [0.4, 0.5) is 0 Å². The molecule has 0 fully saturated rings. The number of carboxylic acids is 1. The van der Waals surface area contributed by atoms with Crippen LogP contribution < -0.4 is 5.11 Å². The number of hydrogen-bond acceptors (Lipinski definition) is 3. The second-order valence-corrected chi connectivity index (χ2v) is 2.53. The molecule has 0 aliphatic heterocycles. The molecule has 0 heterocycles. The highest BCUT2D eigenvalue weighted by Crippen LogP contribution is 2.01. The molecule has 11 heavy (non-hydrogen) atoms. The fourth-order valence-corrected chi connectivity index (χ4v) is 0.869. The fourth-order valence-electron chi connectivity index (χ4n) is 0.869. The molecule has 66 valence electrons. The maximum Gasteiger partial charge on any atom is 0.0462 e. The number of carboxylic acid groups (broad SMARTS) is 1. The number of carbonyl (C=O) groups excluding carboxylic acids is 1. The highest BCUT2D eigenvalue weighted by Gasteiger charge is 1.89. The average molecular weight is 159 g/mol. The Balaban J connectivity index is 2.85. The quantitative estimate of drug-likeness (QED) is 0.503. The maximum atomic E-state index is 9.95. The van der Waals surface area contributed by atoms with E-state index in [-0.39, 0.29) is 6.42 Å². The predicted octanol–water partition coefficient (Wildman–Crippen LogP) is 0.333. The van der Waals surface area contributed by atoms with Crippen molar-refractivity contribution in [1.82, 2.24) is 0 Å². The van der Waals surface area contributed by atoms with Gasteiger partial charge in [-0.2, -0.15) is 0 Å². The van der Waals surface area contributed by atoms with Gasteiger partial charge in [0.05, 0.1) is 0 Å². The van der Waals surface area contributed by atoms with Gasteiger partial charge in [-0.05, 0) is 19.3 Å². The summed E-state index contributed by atoms with van der Waals surface area (Å²) in [5.74, 6) is -0.947. The van der Waals surface area contributed by atoms with Gasteiger partial charge in [-0.25, -0.2) is 0 Å². The molecule has 0 radical (unpaired) electrons. The number of unbranched alkanes of at least 4 members (excludes halogenated alkanes) is 3. The van der Waals surface area contributed by atoms with Gasteiger partial charge >= 0.3 is 0 Å². The van der Waals surface area contributed by atoms with Crippen molar-refractivity contribution in [2.45, 2.75) is 32.1 Å². The first kappa shape index (κ1) is 10.4. The summed E-state index contributed by atoms with van der Waals surface area (Å²) in [5, 5.41) is 9.95. The minimum atomic E-state index is -0.947. The molecule has 0 aliphatic carbocycles. The van der Waals surface area contributed by atoms with Crippen LogP contribution in [0.25, 0.3) is 0 Å². The summed E-state index contributed by atoms with van der Waals surface area (Å²) in [7, 11) is 1.67. The predicted molar refractivity (Wildman–Crippen MR) is 40.0 cm³/mol. The van der Waals surface area contributed by atoms with Crippen molar-refractivity contribution >= 4 is 5.97 Å². The van der Waals surface area contributed by atoms with Crippen LogP contribution in [0.2, 0.25) is 0 Å². The lowest BCUT2D eigenvalue weighted by molar-refractivity contribution is -0.305. The lowest BCUT2D eigenvalue weighted by Gasteiger charge is -2.01. The summed E-state index contributed by atoms with van der Waals surface area (Å²) in [4.78, 5) is 9.95. The molecular weight excluding hydrogens is 144 g/mol. The Morgan fingerprint density at radius 3 is 2.45 bits per heavy atom. The molecule has 0 saturated heterocycles. The SMILES string of the molecule is COCCCCCCC(=O)[O-]. The second kappa shape index (κ2) is 7.54. The average Bonchev–Trinajstić information content (AvgIpc) is 1.96. The minimum Gasteiger partial charge on any atom is -0.550 e. The van der Waals surface area contributed by atoms with E-state index in [1.807, 2.05) is 0 Å². The Labute approximate surface area is 67.4 Å². The molecule has 3 heteroatoms. The fraction of sp³-hybridized carbons (Fsp3) is 0.875. The minimum absolute atomic E-state index is 0.187. The van der Waals surface area contributed by atoms with Crippen molar-refractivity contribution in [3.05, 3.63) is 0 Å². The number of carbonyl (C=O) groups is 1. The first-order chi connectivity index (χ1) is 5.27. The first-order valence-electron chi connectivity index (χ1n) is 3.96. The molecule has 0 rings (SSSR count). The summed E-state index contributed by atoms with van der Waals surface area (Å²) in [6.07, 6.45) is 3.93. The van der Waals surface area contributed by atoms with E-state index >= 15 is 0 Å². The first-order valence-corrected chi connectivity index (χ1v) is 3.96. The van der Waals surface area contributed by atoms with Gasteiger partial charge in [0.2, 0.25) is 0 Å². The van der Waals surface area contributed by atoms with Crippen molar-refractivity contribution in [3.8, 4) is 0 Å². The Morgan fingerprint density at radius 1 is 1.27 bits per heavy atom. The molecular formula is C8H15O3-. The molecule has 0 spiro atoms. The number of hydrogen-bond donors (Lipinski definition) is 0. The molecule has 3 nitrogen and oxygen atoms in total. The van der Waals surface area contributed by atoms with Crippen molar-refractivity contribution in [2.24, 2.45) is 0 Å². The highest BCUT2D eigenvalue weighted by atomic mass is 16.5. The van der Waals surface area contributed by atoms with Gasteiger partial charge in [0, 0.05) is 19.7 Å². The summed E-state index contributed by atoms with van der Waals surface area (Å²) >= 11 is 0. The van der Waals surface area contributed by atoms with E-state index in [1.54, 1.807) is 7.11 Å². The lowest BCUT2D eigenvalue weighted by Crippen LogP contribution is -2.21. The third-order valence-corrected chi connectivity index (χ3v) is 1.48. The summed E-state index contributed by atoms with van der Waals surface area (Å²) in [6, 6.07) is 0. The smallest absolute Gasteiger partial charge is 0.0462 e. The zero-order valence-corrected chi connectivity index (χ0v) is 6.97. The van der Waals surface area contributed by atoms with E-state index in [0.29, 0.717) is 0 Å². The van der Waals surface area contributed by atoms with Crippen LogP contribution in [-0.2, 0) is 9.53 Å². The van der Waals surface area contributed by atoms with Crippen LogP contribution >= 0.6 is 0 Å². The van der Waals surface area contributed by atoms with Crippen molar-refractivity contribution in [3.63, 3.8) is 0 Å². The zero-order chi connectivity index (χ0) is 8.53. The lowest BCUT2D eigenvalue weighted by atomic mass is 10.1. The summed E-state index contributed by atoms with van der Waals surface area (Å²) in [5.41, 5.74) is 0. The maximum absolute atomic E-state index is 9.95. The van der Waals surface area contributed by atoms with Gasteiger partial charge in [0.15, 0.2) is 0 Å². The molecule has 0 bridgehead atoms. The topological polar surface area (TPSA) is 49.4 Å². The van der Waals surface area contributed by atoms with Gasteiger partial charge in [-0.3, -0.25) is 0 Å². The third kappa shape index (κ3) is 9.43. The normalized spacial score (nSPS) is 9.91. The Hall–Kier alpha value is -0.570. The molecule has 0 aliphatic rings. The molecule has 0 atom stereocenters. The van der Waals surface area contributed by atoms with Crippen molar-refractivity contribution < 1.29 is 14.6 Å². The molecule has 0 unspecified atom stereocenters. The monoisotopic (exact) mass is 159 g/mol. The Kier molecular flexibility index (Phi) is 7.15. The van der Waals surface area contributed by atoms with E-state index in [9.17, 15) is 9.90 Å². The van der Waals surface area contributed by atoms with Crippen LogP contribution in [0.15, 0.2) is 0 Å². The Morgan fingerprint density at radius 2 is 1.91 bits per heavy atom. The van der Waals surface area contributed by atoms with Crippen LogP contribution in [0.5, 0.6) is 0 Å². The van der Waals surface area contributed by atoms with Crippen LogP contribution in [0.3, 0.4) is 0 Å². The standard InChI is InChI=1S/C8H16O3/c1-11-7-5-3-2-4-6-8(9)10/h2-7H2,1H3,(H,9,10)/p-1. The van der Waals surface area contributed by atoms with Gasteiger partial charge in [0.1, 0.15) is 0 Å². The van der Waals surface area contributed by atoms with Crippen molar-refractivity contribution in [2.75, 3.05) is 13.7 Å². The molecule has 0 aromatic carbocycles. The van der Waals surface area contributed by atoms with Gasteiger partial charge in [-0.1, -0.05) is 12.8 Å². The van der Waals surface area contributed by atoms with Crippen molar-refractivity contribution in [1.29, 1.82) is 0 Å². The zero-order valence-electron chi connectivity index (χ0n) is 6.97. The summed E-state index contributed by atoms with van der Waals surface area (Å²) < 4.78 is 4.84. The molecule has 0 aromatic rings. The number of ether oxygens (including phenoxy) is 1. The molecule has 0 amide bonds. The number of rotatable bonds is 7. The van der Waals surface area contributed by atoms with E-state index in [4.69, 9.17) is 4.74 Å². The van der Waals surface area contributed by atoms with E-state index in [2.05, 4.69) is 0 Å². The molecule has 0 aromatic heterocycles. The van der Waals surface area contributed by atoms with Gasteiger partial charge in [-0.15, -0.1) is 0 Å².